The molecule has 0 atom stereocenters. The molecule has 0 aliphatic heterocycles. The number of nitriles is 1. The van der Waals surface area contributed by atoms with E-state index in [0.29, 0.717) is 11.3 Å². The molecule has 1 heterocycles. The van der Waals surface area contributed by atoms with Gasteiger partial charge in [0, 0.05) is 0 Å². The van der Waals surface area contributed by atoms with E-state index in [1.165, 1.54) is 0 Å². The molecular weight excluding hydrogens is 200 g/mol. The van der Waals surface area contributed by atoms with Crippen LogP contribution in [0.4, 0.5) is 0 Å². The van der Waals surface area contributed by atoms with Gasteiger partial charge in [-0.15, -0.1) is 0 Å². The fourth-order valence-corrected chi connectivity index (χ4v) is 3.24. The molecular formula is C12H16N4. The Labute approximate surface area is 95.3 Å². The molecule has 16 heavy (non-hydrogen) atoms. The summed E-state index contributed by atoms with van der Waals surface area (Å²) in [6.07, 6.45) is 5.01. The van der Waals surface area contributed by atoms with Crippen molar-refractivity contribution in [2.45, 2.75) is 45.6 Å². The molecule has 0 spiro atoms. The van der Waals surface area contributed by atoms with Gasteiger partial charge in [-0.25, -0.2) is 0 Å². The molecule has 0 saturated heterocycles. The molecule has 0 unspecified atom stereocenters. The Morgan fingerprint density at radius 2 is 2.19 bits per heavy atom. The molecule has 3 saturated carbocycles. The summed E-state index contributed by atoms with van der Waals surface area (Å²) >= 11 is 0. The summed E-state index contributed by atoms with van der Waals surface area (Å²) in [6, 6.07) is 2.43. The molecule has 4 nitrogen and oxygen atoms in total. The lowest BCUT2D eigenvalue weighted by atomic mass is 9.36. The topological polar surface area (TPSA) is 54.5 Å². The van der Waals surface area contributed by atoms with Crippen LogP contribution in [0.2, 0.25) is 0 Å². The highest BCUT2D eigenvalue weighted by Crippen LogP contribution is 2.73. The minimum absolute atomic E-state index is 0.0357. The van der Waals surface area contributed by atoms with Gasteiger partial charge in [0.05, 0.1) is 29.9 Å². The molecule has 0 radical (unpaired) electrons. The summed E-state index contributed by atoms with van der Waals surface area (Å²) in [4.78, 5) is 1.82. The molecule has 2 bridgehead atoms. The highest BCUT2D eigenvalue weighted by atomic mass is 15.5. The molecule has 3 aliphatic rings. The summed E-state index contributed by atoms with van der Waals surface area (Å²) < 4.78 is 0. The lowest BCUT2D eigenvalue weighted by Gasteiger charge is -2.66. The van der Waals surface area contributed by atoms with E-state index < -0.39 is 0 Å². The van der Waals surface area contributed by atoms with Crippen molar-refractivity contribution >= 4 is 0 Å². The van der Waals surface area contributed by atoms with Crippen LogP contribution in [-0.4, -0.2) is 15.0 Å². The zero-order chi connectivity index (χ0) is 11.4. The van der Waals surface area contributed by atoms with Gasteiger partial charge in [0.1, 0.15) is 0 Å². The Balaban J connectivity index is 1.67. The third kappa shape index (κ3) is 1.21. The first kappa shape index (κ1) is 9.83. The lowest BCUT2D eigenvalue weighted by molar-refractivity contribution is -0.175. The Kier molecular flexibility index (Phi) is 1.75. The van der Waals surface area contributed by atoms with Gasteiger partial charge in [-0.3, -0.25) is 0 Å². The largest absolute Gasteiger partial charge is 0.198 e. The van der Waals surface area contributed by atoms with Gasteiger partial charge in [-0.1, -0.05) is 13.8 Å². The van der Waals surface area contributed by atoms with E-state index in [4.69, 9.17) is 5.26 Å². The Hall–Kier alpha value is -1.37. The fraction of sp³-hybridized carbons (Fsp3) is 0.750. The average Bonchev–Trinajstić information content (AvgIpc) is 2.57. The first-order valence-electron chi connectivity index (χ1n) is 5.88. The molecule has 0 aromatic carbocycles. The van der Waals surface area contributed by atoms with Gasteiger partial charge in [0.2, 0.25) is 0 Å². The summed E-state index contributed by atoms with van der Waals surface area (Å²) in [5, 5.41) is 17.7. The van der Waals surface area contributed by atoms with Crippen LogP contribution in [0, 0.1) is 22.2 Å². The van der Waals surface area contributed by atoms with E-state index in [1.807, 2.05) is 11.0 Å². The SMILES string of the molecule is CC(C)c1cnn(CC23CC(C#N)(C2)C3)n1. The quantitative estimate of drug-likeness (QED) is 0.777. The molecule has 1 aromatic heterocycles. The smallest absolute Gasteiger partial charge is 0.0852 e. The van der Waals surface area contributed by atoms with Crippen LogP contribution in [0.15, 0.2) is 6.20 Å². The standard InChI is InChI=1S/C12H16N4/c1-9(2)10-3-14-16(15-10)8-12-4-11(5-12,6-12)7-13/h3,9H,4-6,8H2,1-2H3. The van der Waals surface area contributed by atoms with Crippen LogP contribution in [0.25, 0.3) is 0 Å². The first-order chi connectivity index (χ1) is 7.56. The molecule has 4 heteroatoms. The van der Waals surface area contributed by atoms with E-state index in [-0.39, 0.29) is 5.41 Å². The fourth-order valence-electron chi connectivity index (χ4n) is 3.24. The summed E-state index contributed by atoms with van der Waals surface area (Å²) in [5.41, 5.74) is 1.44. The molecule has 4 rings (SSSR count). The number of rotatable bonds is 3. The van der Waals surface area contributed by atoms with Crippen molar-refractivity contribution in [2.75, 3.05) is 0 Å². The number of aromatic nitrogens is 3. The number of nitrogens with zero attached hydrogens (tertiary/aromatic N) is 4. The molecule has 3 fully saturated rings. The van der Waals surface area contributed by atoms with Crippen molar-refractivity contribution < 1.29 is 0 Å². The van der Waals surface area contributed by atoms with Crippen LogP contribution >= 0.6 is 0 Å². The van der Waals surface area contributed by atoms with Crippen molar-refractivity contribution in [3.63, 3.8) is 0 Å². The highest BCUT2D eigenvalue weighted by Gasteiger charge is 2.68. The minimum Gasteiger partial charge on any atom is -0.198 e. The van der Waals surface area contributed by atoms with Crippen molar-refractivity contribution in [2.24, 2.45) is 10.8 Å². The number of hydrogen-bond donors (Lipinski definition) is 0. The normalized spacial score (nSPS) is 35.4. The van der Waals surface area contributed by atoms with Gasteiger partial charge in [0.15, 0.2) is 0 Å². The Morgan fingerprint density at radius 3 is 2.69 bits per heavy atom. The van der Waals surface area contributed by atoms with E-state index >= 15 is 0 Å². The molecule has 84 valence electrons. The third-order valence-corrected chi connectivity index (χ3v) is 4.00. The maximum atomic E-state index is 8.95. The Morgan fingerprint density at radius 1 is 1.50 bits per heavy atom. The van der Waals surface area contributed by atoms with Gasteiger partial charge < -0.3 is 0 Å². The average molecular weight is 216 g/mol. The van der Waals surface area contributed by atoms with Crippen LogP contribution in [0.5, 0.6) is 0 Å². The van der Waals surface area contributed by atoms with E-state index in [9.17, 15) is 0 Å². The second-order valence-corrected chi connectivity index (χ2v) is 5.88. The second kappa shape index (κ2) is 2.85. The van der Waals surface area contributed by atoms with E-state index in [2.05, 4.69) is 30.1 Å². The monoisotopic (exact) mass is 216 g/mol. The lowest BCUT2D eigenvalue weighted by Crippen LogP contribution is -2.62. The van der Waals surface area contributed by atoms with Crippen LogP contribution in [0.1, 0.15) is 44.7 Å². The summed E-state index contributed by atoms with van der Waals surface area (Å²) in [7, 11) is 0. The van der Waals surface area contributed by atoms with Crippen molar-refractivity contribution in [3.8, 4) is 6.07 Å². The first-order valence-corrected chi connectivity index (χ1v) is 5.88. The van der Waals surface area contributed by atoms with Crippen LogP contribution < -0.4 is 0 Å². The van der Waals surface area contributed by atoms with E-state index in [0.717, 1.165) is 31.5 Å². The number of hydrogen-bond acceptors (Lipinski definition) is 3. The van der Waals surface area contributed by atoms with Crippen molar-refractivity contribution in [3.05, 3.63) is 11.9 Å². The summed E-state index contributed by atoms with van der Waals surface area (Å²) in [6.45, 7) is 5.14. The van der Waals surface area contributed by atoms with Gasteiger partial charge >= 0.3 is 0 Å². The molecule has 0 N–H and O–H groups in total. The van der Waals surface area contributed by atoms with Crippen molar-refractivity contribution in [1.29, 1.82) is 5.26 Å². The van der Waals surface area contributed by atoms with E-state index in [1.54, 1.807) is 0 Å². The molecule has 0 amide bonds. The Bertz CT molecular complexity index is 446. The van der Waals surface area contributed by atoms with Crippen LogP contribution in [-0.2, 0) is 6.54 Å². The van der Waals surface area contributed by atoms with Gasteiger partial charge in [-0.05, 0) is 30.6 Å². The molecule has 1 aromatic rings. The van der Waals surface area contributed by atoms with Crippen molar-refractivity contribution in [1.82, 2.24) is 15.0 Å². The van der Waals surface area contributed by atoms with Gasteiger partial charge in [-0.2, -0.15) is 20.3 Å². The maximum absolute atomic E-state index is 8.95. The predicted molar refractivity (Wildman–Crippen MR) is 58.4 cm³/mol. The zero-order valence-corrected chi connectivity index (χ0v) is 9.77. The zero-order valence-electron chi connectivity index (χ0n) is 9.77. The third-order valence-electron chi connectivity index (χ3n) is 4.00. The maximum Gasteiger partial charge on any atom is 0.0852 e. The molecule has 3 aliphatic carbocycles. The summed E-state index contributed by atoms with van der Waals surface area (Å²) in [5.74, 6) is 0.437. The predicted octanol–water partition coefficient (Wildman–Crippen LogP) is 2.10. The highest BCUT2D eigenvalue weighted by molar-refractivity contribution is 5.25. The second-order valence-electron chi connectivity index (χ2n) is 5.88. The van der Waals surface area contributed by atoms with Crippen LogP contribution in [0.3, 0.4) is 0 Å². The minimum atomic E-state index is 0.0357. The van der Waals surface area contributed by atoms with Gasteiger partial charge in [0.25, 0.3) is 0 Å².